The molecule has 1 N–H and O–H groups in total. The van der Waals surface area contributed by atoms with Crippen LogP contribution < -0.4 is 5.32 Å². The molecule has 0 aliphatic carbocycles. The summed E-state index contributed by atoms with van der Waals surface area (Å²) in [6.45, 7) is 2.34. The number of rotatable bonds is 6. The van der Waals surface area contributed by atoms with Crippen LogP contribution in [-0.2, 0) is 23.2 Å². The van der Waals surface area contributed by atoms with E-state index in [1.165, 1.54) is 47.4 Å². The summed E-state index contributed by atoms with van der Waals surface area (Å²) in [5.74, 6) is -0.876. The molecular formula is C22H19F4N5O. The summed E-state index contributed by atoms with van der Waals surface area (Å²) in [5.41, 5.74) is -0.868. The molecule has 1 amide bonds. The van der Waals surface area contributed by atoms with Gasteiger partial charge in [-0.25, -0.2) is 4.39 Å². The molecule has 0 atom stereocenters. The maximum absolute atomic E-state index is 13.7. The van der Waals surface area contributed by atoms with Crippen LogP contribution in [0.5, 0.6) is 0 Å². The van der Waals surface area contributed by atoms with Crippen LogP contribution in [0.1, 0.15) is 36.1 Å². The van der Waals surface area contributed by atoms with Crippen LogP contribution in [0.2, 0.25) is 0 Å². The van der Waals surface area contributed by atoms with Crippen molar-refractivity contribution in [2.75, 3.05) is 5.32 Å². The lowest BCUT2D eigenvalue weighted by Crippen LogP contribution is -2.36. The predicted molar refractivity (Wildman–Crippen MR) is 108 cm³/mol. The first-order chi connectivity index (χ1) is 15.0. The molecule has 1 aromatic heterocycles. The van der Waals surface area contributed by atoms with Crippen molar-refractivity contribution >= 4 is 11.7 Å². The van der Waals surface area contributed by atoms with Gasteiger partial charge >= 0.3 is 6.18 Å². The first-order valence-corrected chi connectivity index (χ1v) is 9.54. The number of nitrogens with one attached hydrogen (secondary N) is 1. The van der Waals surface area contributed by atoms with E-state index in [4.69, 9.17) is 5.26 Å². The summed E-state index contributed by atoms with van der Waals surface area (Å²) in [6.07, 6.45) is -3.12. The van der Waals surface area contributed by atoms with Gasteiger partial charge in [-0.3, -0.25) is 4.79 Å². The van der Waals surface area contributed by atoms with Crippen LogP contribution >= 0.6 is 0 Å². The van der Waals surface area contributed by atoms with Gasteiger partial charge in [-0.15, -0.1) is 5.10 Å². The Balaban J connectivity index is 1.60. The summed E-state index contributed by atoms with van der Waals surface area (Å²) >= 11 is 0. The third-order valence-corrected chi connectivity index (χ3v) is 5.03. The zero-order valence-corrected chi connectivity index (χ0v) is 17.2. The molecule has 0 bridgehead atoms. The van der Waals surface area contributed by atoms with Crippen molar-refractivity contribution in [2.24, 2.45) is 0 Å². The number of halogens is 4. The highest BCUT2D eigenvalue weighted by Crippen LogP contribution is 2.40. The van der Waals surface area contributed by atoms with Gasteiger partial charge in [-0.05, 0) is 42.7 Å². The lowest BCUT2D eigenvalue weighted by molar-refractivity contribution is -0.180. The van der Waals surface area contributed by atoms with Crippen LogP contribution in [0.3, 0.4) is 0 Å². The molecule has 0 fully saturated rings. The van der Waals surface area contributed by atoms with E-state index in [0.29, 0.717) is 11.1 Å². The minimum Gasteiger partial charge on any atom is -0.308 e. The zero-order chi connectivity index (χ0) is 23.5. The Morgan fingerprint density at radius 2 is 1.78 bits per heavy atom. The first kappa shape index (κ1) is 22.9. The number of aromatic nitrogens is 3. The van der Waals surface area contributed by atoms with E-state index in [1.54, 1.807) is 12.1 Å². The van der Waals surface area contributed by atoms with Gasteiger partial charge in [0.1, 0.15) is 11.9 Å². The maximum Gasteiger partial charge on any atom is 0.397 e. The smallest absolute Gasteiger partial charge is 0.308 e. The molecule has 3 aromatic rings. The largest absolute Gasteiger partial charge is 0.397 e. The second-order valence-corrected chi connectivity index (χ2v) is 7.73. The van der Waals surface area contributed by atoms with Gasteiger partial charge in [0.15, 0.2) is 5.82 Å². The van der Waals surface area contributed by atoms with Crippen LogP contribution in [0, 0.1) is 17.1 Å². The number of nitriles is 1. The standard InChI is InChI=1S/C22H19F4N5O/c1-21(2,22(24,25)26)17-7-4-14(5-8-17)10-20(32)29-19-12-28-31(30-19)13-15-3-6-16(11-27)18(23)9-15/h3-9,12H,10,13H2,1-2H3,(H,29,30,32). The third-order valence-electron chi connectivity index (χ3n) is 5.03. The van der Waals surface area contributed by atoms with E-state index in [0.717, 1.165) is 13.8 Å². The Labute approximate surface area is 181 Å². The van der Waals surface area contributed by atoms with E-state index in [-0.39, 0.29) is 29.9 Å². The maximum atomic E-state index is 13.7. The minimum atomic E-state index is -4.39. The topological polar surface area (TPSA) is 83.6 Å². The molecule has 10 heteroatoms. The molecule has 1 heterocycles. The van der Waals surface area contributed by atoms with Gasteiger partial charge in [-0.1, -0.05) is 30.3 Å². The molecule has 3 rings (SSSR count). The van der Waals surface area contributed by atoms with Crippen LogP contribution in [0.25, 0.3) is 0 Å². The second-order valence-electron chi connectivity index (χ2n) is 7.73. The van der Waals surface area contributed by atoms with Crippen molar-refractivity contribution in [3.63, 3.8) is 0 Å². The number of carbonyl (C=O) groups is 1. The normalized spacial score (nSPS) is 11.8. The minimum absolute atomic E-state index is 0.0551. The molecule has 32 heavy (non-hydrogen) atoms. The number of amides is 1. The monoisotopic (exact) mass is 445 g/mol. The summed E-state index contributed by atoms with van der Waals surface area (Å²) in [5, 5.41) is 19.4. The van der Waals surface area contributed by atoms with Crippen molar-refractivity contribution in [2.45, 2.75) is 38.4 Å². The van der Waals surface area contributed by atoms with Gasteiger partial charge < -0.3 is 5.32 Å². The fourth-order valence-corrected chi connectivity index (χ4v) is 2.92. The van der Waals surface area contributed by atoms with Crippen LogP contribution in [0.4, 0.5) is 23.4 Å². The molecular weight excluding hydrogens is 426 g/mol. The molecule has 0 saturated heterocycles. The SMILES string of the molecule is CC(C)(c1ccc(CC(=O)Nc2cnn(Cc3ccc(C#N)c(F)c3)n2)cc1)C(F)(F)F. The third kappa shape index (κ3) is 5.11. The molecule has 0 aliphatic heterocycles. The first-order valence-electron chi connectivity index (χ1n) is 9.54. The zero-order valence-electron chi connectivity index (χ0n) is 17.2. The highest BCUT2D eigenvalue weighted by atomic mass is 19.4. The summed E-state index contributed by atoms with van der Waals surface area (Å²) in [4.78, 5) is 13.5. The molecule has 166 valence electrons. The quantitative estimate of drug-likeness (QED) is 0.572. The number of nitrogens with zero attached hydrogens (tertiary/aromatic N) is 4. The van der Waals surface area contributed by atoms with Crippen molar-refractivity contribution in [1.29, 1.82) is 5.26 Å². The Morgan fingerprint density at radius 3 is 2.38 bits per heavy atom. The van der Waals surface area contributed by atoms with E-state index < -0.39 is 23.3 Å². The number of benzene rings is 2. The van der Waals surface area contributed by atoms with Gasteiger partial charge in [0.05, 0.1) is 30.1 Å². The summed E-state index contributed by atoms with van der Waals surface area (Å²) < 4.78 is 53.2. The van der Waals surface area contributed by atoms with E-state index in [2.05, 4.69) is 15.5 Å². The average molecular weight is 445 g/mol. The predicted octanol–water partition coefficient (Wildman–Crippen LogP) is 4.36. The van der Waals surface area contributed by atoms with Gasteiger partial charge in [-0.2, -0.15) is 28.3 Å². The van der Waals surface area contributed by atoms with Crippen LogP contribution in [-0.4, -0.2) is 27.1 Å². The fraction of sp³-hybridized carbons (Fsp3) is 0.273. The van der Waals surface area contributed by atoms with Crippen LogP contribution in [0.15, 0.2) is 48.7 Å². The van der Waals surface area contributed by atoms with Gasteiger partial charge in [0.2, 0.25) is 5.91 Å². The van der Waals surface area contributed by atoms with Gasteiger partial charge in [0, 0.05) is 0 Å². The number of hydrogen-bond donors (Lipinski definition) is 1. The molecule has 2 aromatic carbocycles. The summed E-state index contributed by atoms with van der Waals surface area (Å²) in [7, 11) is 0. The molecule has 0 spiro atoms. The Kier molecular flexibility index (Phi) is 6.30. The number of hydrogen-bond acceptors (Lipinski definition) is 4. The molecule has 0 radical (unpaired) electrons. The Bertz CT molecular complexity index is 1160. The van der Waals surface area contributed by atoms with Crippen molar-refractivity contribution in [1.82, 2.24) is 15.0 Å². The van der Waals surface area contributed by atoms with Crippen molar-refractivity contribution in [3.8, 4) is 6.07 Å². The second kappa shape index (κ2) is 8.78. The molecule has 6 nitrogen and oxygen atoms in total. The summed E-state index contributed by atoms with van der Waals surface area (Å²) in [6, 6.07) is 11.6. The van der Waals surface area contributed by atoms with E-state index in [9.17, 15) is 22.4 Å². The van der Waals surface area contributed by atoms with E-state index >= 15 is 0 Å². The lowest BCUT2D eigenvalue weighted by Gasteiger charge is -2.28. The number of alkyl halides is 3. The molecule has 0 saturated carbocycles. The van der Waals surface area contributed by atoms with Crippen molar-refractivity contribution in [3.05, 3.63) is 76.7 Å². The van der Waals surface area contributed by atoms with Gasteiger partial charge in [0.25, 0.3) is 0 Å². The lowest BCUT2D eigenvalue weighted by atomic mass is 9.83. The molecule has 0 aliphatic rings. The Hall–Kier alpha value is -3.74. The highest BCUT2D eigenvalue weighted by Gasteiger charge is 2.48. The van der Waals surface area contributed by atoms with E-state index in [1.807, 2.05) is 0 Å². The number of carbonyl (C=O) groups excluding carboxylic acids is 1. The average Bonchev–Trinajstić information content (AvgIpc) is 3.14. The Morgan fingerprint density at radius 1 is 1.12 bits per heavy atom. The fourth-order valence-electron chi connectivity index (χ4n) is 2.92. The van der Waals surface area contributed by atoms with Crippen molar-refractivity contribution < 1.29 is 22.4 Å². The number of anilines is 1. The molecule has 0 unspecified atom stereocenters. The highest BCUT2D eigenvalue weighted by molar-refractivity contribution is 5.91.